The van der Waals surface area contributed by atoms with E-state index in [-0.39, 0.29) is 0 Å². The van der Waals surface area contributed by atoms with Crippen LogP contribution in [0.25, 0.3) is 0 Å². The number of hydrogen-bond acceptors (Lipinski definition) is 6. The first kappa shape index (κ1) is 10.6. The number of hydrogen-bond donors (Lipinski definition) is 4. The number of aliphatic hydroxyl groups excluding tert-OH is 4. The van der Waals surface area contributed by atoms with Crippen molar-refractivity contribution in [2.75, 3.05) is 0 Å². The van der Waals surface area contributed by atoms with E-state index in [9.17, 15) is 9.90 Å². The van der Waals surface area contributed by atoms with Gasteiger partial charge in [0.05, 0.1) is 0 Å². The van der Waals surface area contributed by atoms with Crippen LogP contribution in [0.15, 0.2) is 0 Å². The van der Waals surface area contributed by atoms with E-state index in [4.69, 9.17) is 15.3 Å². The summed E-state index contributed by atoms with van der Waals surface area (Å²) in [6, 6.07) is 0. The monoisotopic (exact) mass is 192 g/mol. The fourth-order valence-electron chi connectivity index (χ4n) is 1.20. The lowest BCUT2D eigenvalue weighted by Gasteiger charge is -2.37. The summed E-state index contributed by atoms with van der Waals surface area (Å²) in [7, 11) is 0. The highest BCUT2D eigenvalue weighted by Gasteiger charge is 2.44. The molecule has 1 saturated heterocycles. The lowest BCUT2D eigenvalue weighted by atomic mass is 9.97. The van der Waals surface area contributed by atoms with Crippen LogP contribution in [0, 0.1) is 0 Å². The normalized spacial score (nSPS) is 46.1. The first-order chi connectivity index (χ1) is 5.95. The molecule has 0 aromatic heterocycles. The average molecular weight is 192 g/mol. The molecular weight excluding hydrogens is 180 g/mol. The van der Waals surface area contributed by atoms with Crippen LogP contribution in [0.2, 0.25) is 0 Å². The first-order valence-corrected chi connectivity index (χ1v) is 3.83. The van der Waals surface area contributed by atoms with Crippen molar-refractivity contribution in [1.29, 1.82) is 0 Å². The Bertz CT molecular complexity index is 205. The average Bonchev–Trinajstić information content (AvgIpc) is 2.07. The molecule has 0 spiro atoms. The molecule has 0 amide bonds. The van der Waals surface area contributed by atoms with Gasteiger partial charge in [-0.1, -0.05) is 0 Å². The van der Waals surface area contributed by atoms with Gasteiger partial charge in [-0.3, -0.25) is 4.79 Å². The molecule has 1 rings (SSSR count). The Balaban J connectivity index is 2.76. The van der Waals surface area contributed by atoms with Gasteiger partial charge in [0.25, 0.3) is 0 Å². The van der Waals surface area contributed by atoms with Crippen molar-refractivity contribution in [3.8, 4) is 0 Å². The second-order valence-corrected chi connectivity index (χ2v) is 3.03. The van der Waals surface area contributed by atoms with E-state index >= 15 is 0 Å². The molecule has 76 valence electrons. The Morgan fingerprint density at radius 1 is 1.08 bits per heavy atom. The molecule has 1 fully saturated rings. The second kappa shape index (κ2) is 3.69. The Morgan fingerprint density at radius 2 is 1.62 bits per heavy atom. The molecule has 6 nitrogen and oxygen atoms in total. The van der Waals surface area contributed by atoms with Crippen LogP contribution in [0.5, 0.6) is 0 Å². The Labute approximate surface area is 74.4 Å². The summed E-state index contributed by atoms with van der Waals surface area (Å²) in [5.74, 6) is -0.516. The molecule has 0 saturated carbocycles. The maximum atomic E-state index is 10.8. The van der Waals surface area contributed by atoms with Crippen LogP contribution >= 0.6 is 0 Å². The van der Waals surface area contributed by atoms with Gasteiger partial charge in [-0.05, 0) is 6.92 Å². The lowest BCUT2D eigenvalue weighted by molar-refractivity contribution is -0.274. The molecule has 1 aliphatic heterocycles. The SMILES string of the molecule is CC(=O)[C@H]1O[C@H](O)[C@@H](O)[C@H](O)[C@@H]1O. The van der Waals surface area contributed by atoms with E-state index in [0.29, 0.717) is 0 Å². The summed E-state index contributed by atoms with van der Waals surface area (Å²) in [5, 5.41) is 36.4. The summed E-state index contributed by atoms with van der Waals surface area (Å²) in [5.41, 5.74) is 0. The van der Waals surface area contributed by atoms with Gasteiger partial charge in [0.1, 0.15) is 24.4 Å². The van der Waals surface area contributed by atoms with E-state index < -0.39 is 36.5 Å². The molecule has 1 aliphatic rings. The number of ketones is 1. The molecule has 0 aliphatic carbocycles. The van der Waals surface area contributed by atoms with Gasteiger partial charge in [-0.15, -0.1) is 0 Å². The number of ether oxygens (including phenoxy) is 1. The molecule has 0 bridgehead atoms. The molecular formula is C7H12O6. The third-order valence-electron chi connectivity index (χ3n) is 1.99. The molecule has 4 N–H and O–H groups in total. The number of carbonyl (C=O) groups excluding carboxylic acids is 1. The number of carbonyl (C=O) groups is 1. The quantitative estimate of drug-likeness (QED) is 0.362. The number of Topliss-reactive ketones (excluding diaryl/α,β-unsaturated/α-hetero) is 1. The first-order valence-electron chi connectivity index (χ1n) is 3.83. The maximum Gasteiger partial charge on any atom is 0.184 e. The van der Waals surface area contributed by atoms with E-state index in [1.54, 1.807) is 0 Å². The standard InChI is InChI=1S/C7H12O6/c1-2(8)6-4(10)3(9)5(11)7(12)13-6/h3-7,9-12H,1H3/t3-,4+,5+,6-,7+/m1/s1. The fraction of sp³-hybridized carbons (Fsp3) is 0.857. The number of rotatable bonds is 1. The van der Waals surface area contributed by atoms with Crippen molar-refractivity contribution in [3.63, 3.8) is 0 Å². The number of aliphatic hydroxyl groups is 4. The summed E-state index contributed by atoms with van der Waals surface area (Å²) >= 11 is 0. The zero-order valence-electron chi connectivity index (χ0n) is 6.99. The summed E-state index contributed by atoms with van der Waals surface area (Å²) in [4.78, 5) is 10.8. The van der Waals surface area contributed by atoms with Crippen LogP contribution in [0.4, 0.5) is 0 Å². The minimum atomic E-state index is -1.65. The van der Waals surface area contributed by atoms with Crippen molar-refractivity contribution < 1.29 is 30.0 Å². The molecule has 0 aromatic carbocycles. The van der Waals surface area contributed by atoms with Gasteiger partial charge >= 0.3 is 0 Å². The van der Waals surface area contributed by atoms with E-state index in [0.717, 1.165) is 6.92 Å². The maximum absolute atomic E-state index is 10.8. The third-order valence-corrected chi connectivity index (χ3v) is 1.99. The summed E-state index contributed by atoms with van der Waals surface area (Å²) < 4.78 is 4.59. The summed E-state index contributed by atoms with van der Waals surface area (Å²) in [6.45, 7) is 1.16. The predicted molar refractivity (Wildman–Crippen MR) is 39.6 cm³/mol. The van der Waals surface area contributed by atoms with Crippen LogP contribution in [-0.2, 0) is 9.53 Å². The van der Waals surface area contributed by atoms with E-state index in [1.165, 1.54) is 0 Å². The van der Waals surface area contributed by atoms with Crippen LogP contribution in [0.1, 0.15) is 6.92 Å². The molecule has 0 aromatic rings. The van der Waals surface area contributed by atoms with Crippen LogP contribution in [0.3, 0.4) is 0 Å². The predicted octanol–water partition coefficient (Wildman–Crippen LogP) is -2.62. The van der Waals surface area contributed by atoms with Gasteiger partial charge in [-0.2, -0.15) is 0 Å². The smallest absolute Gasteiger partial charge is 0.184 e. The van der Waals surface area contributed by atoms with Crippen molar-refractivity contribution >= 4 is 5.78 Å². The third kappa shape index (κ3) is 1.87. The highest BCUT2D eigenvalue weighted by atomic mass is 16.6. The van der Waals surface area contributed by atoms with Crippen molar-refractivity contribution in [2.45, 2.75) is 37.6 Å². The topological polar surface area (TPSA) is 107 Å². The highest BCUT2D eigenvalue weighted by Crippen LogP contribution is 2.20. The van der Waals surface area contributed by atoms with E-state index in [2.05, 4.69) is 4.74 Å². The van der Waals surface area contributed by atoms with Gasteiger partial charge < -0.3 is 25.2 Å². The molecule has 6 heteroatoms. The second-order valence-electron chi connectivity index (χ2n) is 3.03. The zero-order valence-corrected chi connectivity index (χ0v) is 6.99. The fourth-order valence-corrected chi connectivity index (χ4v) is 1.20. The van der Waals surface area contributed by atoms with Crippen molar-refractivity contribution in [2.24, 2.45) is 0 Å². The molecule has 5 atom stereocenters. The molecule has 13 heavy (non-hydrogen) atoms. The van der Waals surface area contributed by atoms with Crippen LogP contribution in [-0.4, -0.2) is 56.9 Å². The molecule has 1 heterocycles. The van der Waals surface area contributed by atoms with Crippen molar-refractivity contribution in [3.05, 3.63) is 0 Å². The Hall–Kier alpha value is -0.530. The van der Waals surface area contributed by atoms with Gasteiger partial charge in [0.15, 0.2) is 12.1 Å². The van der Waals surface area contributed by atoms with Gasteiger partial charge in [-0.25, -0.2) is 0 Å². The minimum absolute atomic E-state index is 0.516. The van der Waals surface area contributed by atoms with Crippen LogP contribution < -0.4 is 0 Å². The molecule has 0 unspecified atom stereocenters. The summed E-state index contributed by atoms with van der Waals surface area (Å²) in [6.07, 6.45) is -7.60. The van der Waals surface area contributed by atoms with Crippen molar-refractivity contribution in [1.82, 2.24) is 0 Å². The largest absolute Gasteiger partial charge is 0.387 e. The molecule has 0 radical (unpaired) electrons. The Morgan fingerprint density at radius 3 is 2.08 bits per heavy atom. The highest BCUT2D eigenvalue weighted by molar-refractivity contribution is 5.81. The lowest BCUT2D eigenvalue weighted by Crippen LogP contribution is -2.59. The minimum Gasteiger partial charge on any atom is -0.387 e. The van der Waals surface area contributed by atoms with E-state index in [1.807, 2.05) is 0 Å². The van der Waals surface area contributed by atoms with Gasteiger partial charge in [0.2, 0.25) is 0 Å². The zero-order chi connectivity index (χ0) is 10.2. The van der Waals surface area contributed by atoms with Gasteiger partial charge in [0, 0.05) is 0 Å². The Kier molecular flexibility index (Phi) is 2.99.